The van der Waals surface area contributed by atoms with E-state index in [0.717, 1.165) is 19.5 Å². The summed E-state index contributed by atoms with van der Waals surface area (Å²) in [5.41, 5.74) is -0.730. The molecule has 19 heavy (non-hydrogen) atoms. The lowest BCUT2D eigenvalue weighted by atomic mass is 10.0. The van der Waals surface area contributed by atoms with Gasteiger partial charge in [-0.25, -0.2) is 0 Å². The maximum atomic E-state index is 12.6. The first-order valence-corrected chi connectivity index (χ1v) is 7.14. The van der Waals surface area contributed by atoms with Gasteiger partial charge >= 0.3 is 0 Å². The standard InChI is InChI=1S/C14H28N2O3/c1-5-14(2,19-4)13(17)16(9-10-18-3)11-12-7-6-8-15-12/h12,15H,5-11H2,1-4H3. The number of methoxy groups -OCH3 is 2. The van der Waals surface area contributed by atoms with Crippen molar-refractivity contribution in [3.05, 3.63) is 0 Å². The number of carbonyl (C=O) groups excluding carboxylic acids is 1. The molecule has 1 amide bonds. The molecule has 1 rings (SSSR count). The highest BCUT2D eigenvalue weighted by Crippen LogP contribution is 2.19. The van der Waals surface area contributed by atoms with E-state index in [1.165, 1.54) is 6.42 Å². The largest absolute Gasteiger partial charge is 0.383 e. The van der Waals surface area contributed by atoms with Gasteiger partial charge in [-0.05, 0) is 32.7 Å². The molecule has 1 saturated heterocycles. The minimum absolute atomic E-state index is 0.0586. The first-order valence-electron chi connectivity index (χ1n) is 7.14. The van der Waals surface area contributed by atoms with Gasteiger partial charge < -0.3 is 19.7 Å². The lowest BCUT2D eigenvalue weighted by molar-refractivity contribution is -0.154. The van der Waals surface area contributed by atoms with E-state index in [-0.39, 0.29) is 5.91 Å². The van der Waals surface area contributed by atoms with Gasteiger partial charge in [0.05, 0.1) is 6.61 Å². The number of rotatable bonds is 8. The Morgan fingerprint density at radius 2 is 2.21 bits per heavy atom. The molecule has 2 unspecified atom stereocenters. The molecule has 1 fully saturated rings. The van der Waals surface area contributed by atoms with Crippen molar-refractivity contribution in [3.8, 4) is 0 Å². The molecule has 112 valence electrons. The minimum atomic E-state index is -0.730. The van der Waals surface area contributed by atoms with Crippen LogP contribution in [-0.2, 0) is 14.3 Å². The van der Waals surface area contributed by atoms with Crippen LogP contribution in [0.2, 0.25) is 0 Å². The third kappa shape index (κ3) is 4.44. The number of nitrogens with zero attached hydrogens (tertiary/aromatic N) is 1. The molecule has 0 spiro atoms. The second kappa shape index (κ2) is 7.82. The van der Waals surface area contributed by atoms with Gasteiger partial charge in [0.25, 0.3) is 5.91 Å². The highest BCUT2D eigenvalue weighted by atomic mass is 16.5. The van der Waals surface area contributed by atoms with E-state index in [2.05, 4.69) is 5.32 Å². The van der Waals surface area contributed by atoms with Crippen molar-refractivity contribution in [2.45, 2.75) is 44.8 Å². The van der Waals surface area contributed by atoms with Crippen LogP contribution in [-0.4, -0.2) is 62.9 Å². The van der Waals surface area contributed by atoms with E-state index >= 15 is 0 Å². The van der Waals surface area contributed by atoms with E-state index in [1.807, 2.05) is 18.7 Å². The Hall–Kier alpha value is -0.650. The number of carbonyl (C=O) groups is 1. The second-order valence-corrected chi connectivity index (χ2v) is 5.33. The van der Waals surface area contributed by atoms with Gasteiger partial charge in [-0.2, -0.15) is 0 Å². The topological polar surface area (TPSA) is 50.8 Å². The maximum absolute atomic E-state index is 12.6. The van der Waals surface area contributed by atoms with Gasteiger partial charge in [0.15, 0.2) is 0 Å². The molecule has 1 N–H and O–H groups in total. The summed E-state index contributed by atoms with van der Waals surface area (Å²) < 4.78 is 10.5. The maximum Gasteiger partial charge on any atom is 0.254 e. The van der Waals surface area contributed by atoms with Crippen molar-refractivity contribution in [2.75, 3.05) is 40.5 Å². The van der Waals surface area contributed by atoms with Gasteiger partial charge in [0.2, 0.25) is 0 Å². The molecule has 0 aliphatic carbocycles. The molecule has 0 aromatic rings. The summed E-state index contributed by atoms with van der Waals surface area (Å²) in [4.78, 5) is 14.5. The van der Waals surface area contributed by atoms with E-state index < -0.39 is 5.60 Å². The highest BCUT2D eigenvalue weighted by Gasteiger charge is 2.36. The van der Waals surface area contributed by atoms with Crippen LogP contribution in [0.4, 0.5) is 0 Å². The van der Waals surface area contributed by atoms with Crippen molar-refractivity contribution in [1.82, 2.24) is 10.2 Å². The van der Waals surface area contributed by atoms with Crippen molar-refractivity contribution in [1.29, 1.82) is 0 Å². The zero-order valence-corrected chi connectivity index (χ0v) is 12.7. The van der Waals surface area contributed by atoms with Crippen molar-refractivity contribution in [2.24, 2.45) is 0 Å². The van der Waals surface area contributed by atoms with Crippen LogP contribution >= 0.6 is 0 Å². The summed E-state index contributed by atoms with van der Waals surface area (Å²) in [5.74, 6) is 0.0586. The molecule has 0 bridgehead atoms. The Kier molecular flexibility index (Phi) is 6.75. The predicted molar refractivity (Wildman–Crippen MR) is 75.2 cm³/mol. The van der Waals surface area contributed by atoms with Crippen LogP contribution in [0, 0.1) is 0 Å². The number of ether oxygens (including phenoxy) is 2. The average Bonchev–Trinajstić information content (AvgIpc) is 2.94. The van der Waals surface area contributed by atoms with Gasteiger partial charge in [-0.1, -0.05) is 6.92 Å². The lowest BCUT2D eigenvalue weighted by Crippen LogP contribution is -2.52. The quantitative estimate of drug-likeness (QED) is 0.717. The summed E-state index contributed by atoms with van der Waals surface area (Å²) in [7, 11) is 3.26. The molecule has 1 aliphatic heterocycles. The van der Waals surface area contributed by atoms with Crippen molar-refractivity contribution in [3.63, 3.8) is 0 Å². The Morgan fingerprint density at radius 3 is 2.68 bits per heavy atom. The summed E-state index contributed by atoms with van der Waals surface area (Å²) in [6.45, 7) is 6.79. The number of hydrogen-bond acceptors (Lipinski definition) is 4. The molecular formula is C14H28N2O3. The fourth-order valence-corrected chi connectivity index (χ4v) is 2.37. The molecule has 2 atom stereocenters. The Balaban J connectivity index is 2.67. The molecule has 0 aromatic carbocycles. The molecule has 5 nitrogen and oxygen atoms in total. The monoisotopic (exact) mass is 272 g/mol. The molecule has 0 saturated carbocycles. The second-order valence-electron chi connectivity index (χ2n) is 5.33. The zero-order valence-electron chi connectivity index (χ0n) is 12.7. The fourth-order valence-electron chi connectivity index (χ4n) is 2.37. The predicted octanol–water partition coefficient (Wildman–Crippen LogP) is 1.03. The third-order valence-electron chi connectivity index (χ3n) is 4.03. The molecule has 1 aliphatic rings. The number of hydrogen-bond donors (Lipinski definition) is 1. The van der Waals surface area contributed by atoms with Gasteiger partial charge in [0.1, 0.15) is 5.60 Å². The first-order chi connectivity index (χ1) is 9.07. The van der Waals surface area contributed by atoms with Crippen LogP contribution in [0.15, 0.2) is 0 Å². The summed E-state index contributed by atoms with van der Waals surface area (Å²) in [6, 6.07) is 0.402. The fraction of sp³-hybridized carbons (Fsp3) is 0.929. The first kappa shape index (κ1) is 16.4. The van der Waals surface area contributed by atoms with Crippen LogP contribution in [0.25, 0.3) is 0 Å². The van der Waals surface area contributed by atoms with Crippen LogP contribution < -0.4 is 5.32 Å². The SMILES string of the molecule is CCC(C)(OC)C(=O)N(CCOC)CC1CCCN1. The Bertz CT molecular complexity index is 274. The third-order valence-corrected chi connectivity index (χ3v) is 4.03. The molecule has 0 aromatic heterocycles. The van der Waals surface area contributed by atoms with Gasteiger partial charge in [-0.3, -0.25) is 4.79 Å². The summed E-state index contributed by atoms with van der Waals surface area (Å²) >= 11 is 0. The summed E-state index contributed by atoms with van der Waals surface area (Å²) in [6.07, 6.45) is 2.99. The van der Waals surface area contributed by atoms with Crippen LogP contribution in [0.5, 0.6) is 0 Å². The number of nitrogens with one attached hydrogen (secondary N) is 1. The number of amides is 1. The lowest BCUT2D eigenvalue weighted by Gasteiger charge is -2.34. The molecule has 1 heterocycles. The van der Waals surface area contributed by atoms with Gasteiger partial charge in [-0.15, -0.1) is 0 Å². The molecule has 0 radical (unpaired) electrons. The van der Waals surface area contributed by atoms with Crippen LogP contribution in [0.3, 0.4) is 0 Å². The summed E-state index contributed by atoms with van der Waals surface area (Å²) in [5, 5.41) is 3.43. The normalized spacial score (nSPS) is 22.2. The smallest absolute Gasteiger partial charge is 0.254 e. The van der Waals surface area contributed by atoms with Crippen molar-refractivity contribution < 1.29 is 14.3 Å². The van der Waals surface area contributed by atoms with Crippen LogP contribution in [0.1, 0.15) is 33.1 Å². The van der Waals surface area contributed by atoms with E-state index in [4.69, 9.17) is 9.47 Å². The van der Waals surface area contributed by atoms with Crippen molar-refractivity contribution >= 4 is 5.91 Å². The molecular weight excluding hydrogens is 244 g/mol. The Morgan fingerprint density at radius 1 is 1.47 bits per heavy atom. The minimum Gasteiger partial charge on any atom is -0.383 e. The van der Waals surface area contributed by atoms with E-state index in [9.17, 15) is 4.79 Å². The zero-order chi connectivity index (χ0) is 14.3. The molecule has 5 heteroatoms. The van der Waals surface area contributed by atoms with E-state index in [1.54, 1.807) is 14.2 Å². The van der Waals surface area contributed by atoms with E-state index in [0.29, 0.717) is 25.6 Å². The Labute approximate surface area is 116 Å². The van der Waals surface area contributed by atoms with Gasteiger partial charge in [0, 0.05) is 33.4 Å². The highest BCUT2D eigenvalue weighted by molar-refractivity contribution is 5.84. The average molecular weight is 272 g/mol.